The summed E-state index contributed by atoms with van der Waals surface area (Å²) in [5.41, 5.74) is 0.596. The molecule has 0 unspecified atom stereocenters. The minimum atomic E-state index is -3.26. The monoisotopic (exact) mass is 233 g/mol. The molecule has 0 saturated carbocycles. The van der Waals surface area contributed by atoms with Crippen molar-refractivity contribution in [3.8, 4) is 5.75 Å². The Morgan fingerprint density at radius 2 is 2.13 bits per heavy atom. The molecule has 1 aromatic carbocycles. The molecule has 1 N–H and O–H groups in total. The number of hydrogen-bond donors (Lipinski definition) is 1. The molecular formula is C9H12FNO3S. The molecule has 0 fully saturated rings. The van der Waals surface area contributed by atoms with E-state index in [-0.39, 0.29) is 5.75 Å². The summed E-state index contributed by atoms with van der Waals surface area (Å²) < 4.78 is 39.6. The molecule has 1 aromatic rings. The second-order valence-corrected chi connectivity index (χ2v) is 5.17. The van der Waals surface area contributed by atoms with Crippen LogP contribution in [0.1, 0.15) is 0 Å². The van der Waals surface area contributed by atoms with E-state index in [9.17, 15) is 12.8 Å². The maximum Gasteiger partial charge on any atom is 0.189 e. The Kier molecular flexibility index (Phi) is 3.52. The van der Waals surface area contributed by atoms with Gasteiger partial charge in [-0.05, 0) is 12.1 Å². The second-order valence-electron chi connectivity index (χ2n) is 3.08. The van der Waals surface area contributed by atoms with Crippen LogP contribution < -0.4 is 10.1 Å². The van der Waals surface area contributed by atoms with Gasteiger partial charge in [0.1, 0.15) is 0 Å². The highest BCUT2D eigenvalue weighted by Gasteiger charge is 2.08. The molecular weight excluding hydrogens is 221 g/mol. The number of anilines is 1. The molecule has 0 heterocycles. The van der Waals surface area contributed by atoms with E-state index in [2.05, 4.69) is 5.32 Å². The fraction of sp³-hybridized carbons (Fsp3) is 0.333. The first kappa shape index (κ1) is 11.8. The third kappa shape index (κ3) is 3.75. The summed E-state index contributed by atoms with van der Waals surface area (Å²) in [7, 11) is -1.60. The zero-order chi connectivity index (χ0) is 11.5. The predicted molar refractivity (Wildman–Crippen MR) is 56.3 cm³/mol. The average Bonchev–Trinajstić information content (AvgIpc) is 2.14. The minimum absolute atomic E-state index is 0.0700. The molecule has 15 heavy (non-hydrogen) atoms. The molecule has 0 radical (unpaired) electrons. The van der Waals surface area contributed by atoms with Gasteiger partial charge in [-0.3, -0.25) is 0 Å². The number of rotatable bonds is 4. The third-order valence-electron chi connectivity index (χ3n) is 1.65. The second kappa shape index (κ2) is 4.48. The normalized spacial score (nSPS) is 11.1. The van der Waals surface area contributed by atoms with Gasteiger partial charge in [-0.15, -0.1) is 0 Å². The lowest BCUT2D eigenvalue weighted by Gasteiger charge is -2.07. The number of halogens is 1. The molecule has 6 heteroatoms. The van der Waals surface area contributed by atoms with Gasteiger partial charge >= 0.3 is 0 Å². The molecule has 0 saturated heterocycles. The molecule has 0 aromatic heterocycles. The summed E-state index contributed by atoms with van der Waals surface area (Å²) in [4.78, 5) is 0. The van der Waals surface area contributed by atoms with Crippen molar-refractivity contribution in [3.05, 3.63) is 24.0 Å². The van der Waals surface area contributed by atoms with Crippen LogP contribution in [0.25, 0.3) is 0 Å². The molecule has 0 aliphatic heterocycles. The maximum atomic E-state index is 13.3. The van der Waals surface area contributed by atoms with Crippen LogP contribution in [0.15, 0.2) is 18.2 Å². The number of hydrogen-bond acceptors (Lipinski definition) is 4. The molecule has 4 nitrogen and oxygen atoms in total. The van der Waals surface area contributed by atoms with Gasteiger partial charge in [0, 0.05) is 25.1 Å². The summed E-state index contributed by atoms with van der Waals surface area (Å²) in [6.45, 7) is 0. The van der Waals surface area contributed by atoms with Crippen LogP contribution in [0.4, 0.5) is 10.1 Å². The fourth-order valence-corrected chi connectivity index (χ4v) is 1.28. The lowest BCUT2D eigenvalue weighted by Crippen LogP contribution is -2.10. The summed E-state index contributed by atoms with van der Waals surface area (Å²) >= 11 is 0. The number of benzene rings is 1. The van der Waals surface area contributed by atoms with Gasteiger partial charge < -0.3 is 10.1 Å². The third-order valence-corrected chi connectivity index (χ3v) is 2.20. The highest BCUT2D eigenvalue weighted by Crippen LogP contribution is 2.20. The van der Waals surface area contributed by atoms with E-state index >= 15 is 0 Å². The summed E-state index contributed by atoms with van der Waals surface area (Å²) in [6.07, 6.45) is 1.02. The van der Waals surface area contributed by atoms with Crippen molar-refractivity contribution in [2.45, 2.75) is 0 Å². The van der Waals surface area contributed by atoms with Crippen LogP contribution >= 0.6 is 0 Å². The van der Waals surface area contributed by atoms with Crippen molar-refractivity contribution in [1.82, 2.24) is 0 Å². The quantitative estimate of drug-likeness (QED) is 0.850. The van der Waals surface area contributed by atoms with Crippen molar-refractivity contribution in [2.24, 2.45) is 0 Å². The van der Waals surface area contributed by atoms with E-state index < -0.39 is 21.6 Å². The van der Waals surface area contributed by atoms with Gasteiger partial charge in [-0.25, -0.2) is 12.8 Å². The Morgan fingerprint density at radius 3 is 2.60 bits per heavy atom. The predicted octanol–water partition coefficient (Wildman–Crippen LogP) is 1.25. The Morgan fingerprint density at radius 1 is 1.47 bits per heavy atom. The fourth-order valence-electron chi connectivity index (χ4n) is 0.944. The largest absolute Gasteiger partial charge is 0.475 e. The van der Waals surface area contributed by atoms with E-state index in [1.165, 1.54) is 12.1 Å². The van der Waals surface area contributed by atoms with Crippen LogP contribution in [0.3, 0.4) is 0 Å². The number of ether oxygens (including phenoxy) is 1. The van der Waals surface area contributed by atoms with Gasteiger partial charge in [0.25, 0.3) is 0 Å². The summed E-state index contributed by atoms with van der Waals surface area (Å²) in [5.74, 6) is -1.19. The van der Waals surface area contributed by atoms with Gasteiger partial charge in [0.2, 0.25) is 0 Å². The molecule has 0 spiro atoms. The minimum Gasteiger partial charge on any atom is -0.475 e. The van der Waals surface area contributed by atoms with Crippen LogP contribution in [0.2, 0.25) is 0 Å². The molecule has 0 aliphatic rings. The molecule has 0 bridgehead atoms. The van der Waals surface area contributed by atoms with Crippen molar-refractivity contribution in [2.75, 3.05) is 24.6 Å². The molecule has 0 atom stereocenters. The first-order valence-corrected chi connectivity index (χ1v) is 6.26. The van der Waals surface area contributed by atoms with E-state index in [0.717, 1.165) is 6.26 Å². The molecule has 1 rings (SSSR count). The standard InChI is InChI=1S/C9H12FNO3S/c1-11-7-3-4-9(8(10)5-7)14-6-15(2,12)13/h3-5,11H,6H2,1-2H3. The van der Waals surface area contributed by atoms with E-state index in [0.29, 0.717) is 5.69 Å². The van der Waals surface area contributed by atoms with Crippen molar-refractivity contribution in [1.29, 1.82) is 0 Å². The first-order valence-electron chi connectivity index (χ1n) is 4.20. The van der Waals surface area contributed by atoms with Crippen LogP contribution in [0, 0.1) is 5.82 Å². The Labute approximate surface area is 88.0 Å². The summed E-state index contributed by atoms with van der Waals surface area (Å²) in [5, 5.41) is 2.75. The van der Waals surface area contributed by atoms with Gasteiger partial charge in [-0.1, -0.05) is 0 Å². The Balaban J connectivity index is 2.79. The van der Waals surface area contributed by atoms with Gasteiger partial charge in [-0.2, -0.15) is 0 Å². The highest BCUT2D eigenvalue weighted by molar-refractivity contribution is 7.90. The van der Waals surface area contributed by atoms with E-state index in [1.54, 1.807) is 13.1 Å². The van der Waals surface area contributed by atoms with Crippen molar-refractivity contribution >= 4 is 15.5 Å². The summed E-state index contributed by atoms with van der Waals surface area (Å²) in [6, 6.07) is 4.21. The van der Waals surface area contributed by atoms with Crippen LogP contribution in [-0.2, 0) is 9.84 Å². The topological polar surface area (TPSA) is 55.4 Å². The lowest BCUT2D eigenvalue weighted by molar-refractivity contribution is 0.356. The molecule has 0 amide bonds. The maximum absolute atomic E-state index is 13.3. The molecule has 0 aliphatic carbocycles. The average molecular weight is 233 g/mol. The number of nitrogens with one attached hydrogen (secondary N) is 1. The Bertz CT molecular complexity index is 445. The highest BCUT2D eigenvalue weighted by atomic mass is 32.2. The zero-order valence-electron chi connectivity index (χ0n) is 8.45. The first-order chi connectivity index (χ1) is 6.92. The lowest BCUT2D eigenvalue weighted by atomic mass is 10.3. The Hall–Kier alpha value is -1.30. The zero-order valence-corrected chi connectivity index (χ0v) is 9.27. The SMILES string of the molecule is CNc1ccc(OCS(C)(=O)=O)c(F)c1. The molecule has 84 valence electrons. The smallest absolute Gasteiger partial charge is 0.189 e. The van der Waals surface area contributed by atoms with E-state index in [1.807, 2.05) is 0 Å². The van der Waals surface area contributed by atoms with Gasteiger partial charge in [0.05, 0.1) is 0 Å². The van der Waals surface area contributed by atoms with E-state index in [4.69, 9.17) is 4.74 Å². The van der Waals surface area contributed by atoms with Gasteiger partial charge in [0.15, 0.2) is 27.3 Å². The number of sulfone groups is 1. The van der Waals surface area contributed by atoms with Crippen molar-refractivity contribution < 1.29 is 17.5 Å². The van der Waals surface area contributed by atoms with Crippen molar-refractivity contribution in [3.63, 3.8) is 0 Å². The van der Waals surface area contributed by atoms with Crippen LogP contribution in [-0.4, -0.2) is 27.7 Å². The van der Waals surface area contributed by atoms with Crippen LogP contribution in [0.5, 0.6) is 5.75 Å².